The second-order valence-electron chi connectivity index (χ2n) is 7.56. The minimum Gasteiger partial charge on any atom is -0.495 e. The van der Waals surface area contributed by atoms with Crippen molar-refractivity contribution in [1.29, 1.82) is 0 Å². The van der Waals surface area contributed by atoms with E-state index in [9.17, 15) is 13.2 Å². The van der Waals surface area contributed by atoms with Gasteiger partial charge in [0.05, 0.1) is 29.0 Å². The van der Waals surface area contributed by atoms with Crippen LogP contribution in [0, 0.1) is 0 Å². The van der Waals surface area contributed by atoms with Gasteiger partial charge in [0.25, 0.3) is 15.2 Å². The quantitative estimate of drug-likeness (QED) is 0.437. The Balaban J connectivity index is 1.44. The van der Waals surface area contributed by atoms with Gasteiger partial charge in [-0.1, -0.05) is 23.9 Å². The highest BCUT2D eigenvalue weighted by molar-refractivity contribution is 8.00. The molecule has 0 aliphatic carbocycles. The number of benzene rings is 2. The number of methoxy groups -OCH3 is 1. The Bertz CT molecular complexity index is 1240. The first-order valence-electron chi connectivity index (χ1n) is 10.5. The van der Waals surface area contributed by atoms with Gasteiger partial charge in [-0.3, -0.25) is 9.52 Å². The van der Waals surface area contributed by atoms with E-state index in [2.05, 4.69) is 15.0 Å². The third-order valence-corrected chi connectivity index (χ3v) is 7.48. The Morgan fingerprint density at radius 1 is 1.30 bits per heavy atom. The molecule has 1 fully saturated rings. The van der Waals surface area contributed by atoms with E-state index in [-0.39, 0.29) is 22.1 Å². The number of rotatable bonds is 9. The summed E-state index contributed by atoms with van der Waals surface area (Å²) in [4.78, 5) is 16.8. The largest absolute Gasteiger partial charge is 0.495 e. The van der Waals surface area contributed by atoms with Gasteiger partial charge >= 0.3 is 0 Å². The second kappa shape index (κ2) is 10.0. The minimum atomic E-state index is -3.87. The molecule has 9 nitrogen and oxygen atoms in total. The molecule has 33 heavy (non-hydrogen) atoms. The summed E-state index contributed by atoms with van der Waals surface area (Å²) in [5.41, 5.74) is 1.15. The van der Waals surface area contributed by atoms with Gasteiger partial charge in [-0.15, -0.1) is 0 Å². The number of ether oxygens (including phenoxy) is 2. The van der Waals surface area contributed by atoms with E-state index in [0.717, 1.165) is 19.4 Å². The molecule has 0 bridgehead atoms. The maximum absolute atomic E-state index is 12.9. The number of thioether (sulfide) groups is 1. The van der Waals surface area contributed by atoms with E-state index in [0.29, 0.717) is 29.1 Å². The Labute approximate surface area is 196 Å². The van der Waals surface area contributed by atoms with E-state index in [1.807, 2.05) is 0 Å². The van der Waals surface area contributed by atoms with Gasteiger partial charge in [-0.25, -0.2) is 13.4 Å². The van der Waals surface area contributed by atoms with Crippen LogP contribution >= 0.6 is 11.8 Å². The molecule has 0 saturated carbocycles. The third kappa shape index (κ3) is 5.60. The van der Waals surface area contributed by atoms with Crippen LogP contribution in [0.2, 0.25) is 0 Å². The molecule has 0 unspecified atom stereocenters. The average Bonchev–Trinajstić information content (AvgIpc) is 3.46. The van der Waals surface area contributed by atoms with Crippen molar-refractivity contribution >= 4 is 44.5 Å². The fourth-order valence-electron chi connectivity index (χ4n) is 3.40. The van der Waals surface area contributed by atoms with Gasteiger partial charge in [0.15, 0.2) is 5.58 Å². The van der Waals surface area contributed by atoms with Crippen LogP contribution in [0.4, 0.5) is 5.69 Å². The molecular weight excluding hydrogens is 466 g/mol. The molecule has 2 aromatic carbocycles. The first-order chi connectivity index (χ1) is 15.9. The SMILES string of the molecule is COc1ccccc1NS(=O)(=O)c1ccc2oc(S[C@@H](C)C(=O)NC[C@@H]3CCCO3)nc2c1. The van der Waals surface area contributed by atoms with Crippen LogP contribution < -0.4 is 14.8 Å². The van der Waals surface area contributed by atoms with Crippen molar-refractivity contribution in [3.05, 3.63) is 42.5 Å². The number of hydrogen-bond acceptors (Lipinski definition) is 8. The fraction of sp³-hybridized carbons (Fsp3) is 0.364. The number of nitrogens with one attached hydrogen (secondary N) is 2. The number of nitrogens with zero attached hydrogens (tertiary/aromatic N) is 1. The molecule has 4 rings (SSSR count). The van der Waals surface area contributed by atoms with Crippen LogP contribution in [0.5, 0.6) is 5.75 Å². The number of amides is 1. The molecule has 1 aromatic heterocycles. The summed E-state index contributed by atoms with van der Waals surface area (Å²) in [5, 5.41) is 2.74. The second-order valence-corrected chi connectivity index (χ2v) is 10.5. The van der Waals surface area contributed by atoms with Crippen LogP contribution in [-0.2, 0) is 19.6 Å². The lowest BCUT2D eigenvalue weighted by Crippen LogP contribution is -2.36. The van der Waals surface area contributed by atoms with Crippen LogP contribution in [0.1, 0.15) is 19.8 Å². The Kier molecular flexibility index (Phi) is 7.11. The summed E-state index contributed by atoms with van der Waals surface area (Å²) >= 11 is 1.17. The smallest absolute Gasteiger partial charge is 0.262 e. The zero-order chi connectivity index (χ0) is 23.4. The molecule has 1 saturated heterocycles. The molecule has 0 radical (unpaired) electrons. The van der Waals surface area contributed by atoms with Crippen molar-refractivity contribution in [1.82, 2.24) is 10.3 Å². The zero-order valence-corrected chi connectivity index (χ0v) is 19.9. The van der Waals surface area contributed by atoms with Gasteiger partial charge in [-0.2, -0.15) is 0 Å². The number of anilines is 1. The normalized spacial score (nSPS) is 17.1. The molecule has 1 aliphatic heterocycles. The molecule has 176 valence electrons. The van der Waals surface area contributed by atoms with Crippen molar-refractivity contribution in [2.75, 3.05) is 25.0 Å². The Hall–Kier alpha value is -2.76. The number of fused-ring (bicyclic) bond motifs is 1. The zero-order valence-electron chi connectivity index (χ0n) is 18.2. The van der Waals surface area contributed by atoms with E-state index >= 15 is 0 Å². The summed E-state index contributed by atoms with van der Waals surface area (Å²) in [6, 6.07) is 11.2. The van der Waals surface area contributed by atoms with E-state index in [1.165, 1.54) is 31.0 Å². The Morgan fingerprint density at radius 3 is 2.88 bits per heavy atom. The molecule has 2 atom stereocenters. The topological polar surface area (TPSA) is 120 Å². The molecular formula is C22H25N3O6S2. The standard InChI is InChI=1S/C22H25N3O6S2/c1-14(21(26)23-13-15-6-5-11-30-15)32-22-24-18-12-16(9-10-20(18)31-22)33(27,28)25-17-7-3-4-8-19(17)29-2/h3-4,7-10,12,14-15,25H,5-6,11,13H2,1-2H3,(H,23,26)/t14-,15-/m0/s1. The highest BCUT2D eigenvalue weighted by Gasteiger charge is 2.22. The minimum absolute atomic E-state index is 0.0353. The van der Waals surface area contributed by atoms with Crippen molar-refractivity contribution in [2.24, 2.45) is 0 Å². The molecule has 0 spiro atoms. The summed E-state index contributed by atoms with van der Waals surface area (Å²) in [6.45, 7) is 2.98. The van der Waals surface area contributed by atoms with Crippen LogP contribution in [0.15, 0.2) is 57.0 Å². The highest BCUT2D eigenvalue weighted by atomic mass is 32.2. The van der Waals surface area contributed by atoms with Crippen molar-refractivity contribution < 1.29 is 27.1 Å². The molecule has 11 heteroatoms. The predicted octanol–water partition coefficient (Wildman–Crippen LogP) is 3.41. The maximum atomic E-state index is 12.9. The predicted molar refractivity (Wildman–Crippen MR) is 125 cm³/mol. The van der Waals surface area contributed by atoms with Gasteiger partial charge in [0.2, 0.25) is 5.91 Å². The van der Waals surface area contributed by atoms with Crippen molar-refractivity contribution in [3.63, 3.8) is 0 Å². The summed E-state index contributed by atoms with van der Waals surface area (Å²) < 4.78 is 44.7. The summed E-state index contributed by atoms with van der Waals surface area (Å²) in [5.74, 6) is 0.274. The lowest BCUT2D eigenvalue weighted by atomic mass is 10.2. The van der Waals surface area contributed by atoms with E-state index in [1.54, 1.807) is 37.3 Å². The molecule has 2 N–H and O–H groups in total. The molecule has 3 aromatic rings. The third-order valence-electron chi connectivity index (χ3n) is 5.18. The lowest BCUT2D eigenvalue weighted by Gasteiger charge is -2.13. The molecule has 2 heterocycles. The maximum Gasteiger partial charge on any atom is 0.262 e. The first-order valence-corrected chi connectivity index (χ1v) is 12.8. The van der Waals surface area contributed by atoms with Gasteiger partial charge in [0.1, 0.15) is 11.3 Å². The van der Waals surface area contributed by atoms with Crippen molar-refractivity contribution in [2.45, 2.75) is 41.2 Å². The van der Waals surface area contributed by atoms with E-state index in [4.69, 9.17) is 13.9 Å². The monoisotopic (exact) mass is 491 g/mol. The number of oxazole rings is 1. The van der Waals surface area contributed by atoms with E-state index < -0.39 is 15.3 Å². The first kappa shape index (κ1) is 23.4. The Morgan fingerprint density at radius 2 is 2.12 bits per heavy atom. The van der Waals surface area contributed by atoms with Gasteiger partial charge < -0.3 is 19.2 Å². The van der Waals surface area contributed by atoms with Crippen molar-refractivity contribution in [3.8, 4) is 5.75 Å². The highest BCUT2D eigenvalue weighted by Crippen LogP contribution is 2.30. The number of carbonyl (C=O) groups is 1. The molecule has 1 amide bonds. The summed E-state index contributed by atoms with van der Waals surface area (Å²) in [7, 11) is -2.40. The molecule has 1 aliphatic rings. The lowest BCUT2D eigenvalue weighted by molar-refractivity contribution is -0.120. The number of sulfonamides is 1. The van der Waals surface area contributed by atoms with Gasteiger partial charge in [-0.05, 0) is 50.1 Å². The fourth-order valence-corrected chi connectivity index (χ4v) is 5.28. The van der Waals surface area contributed by atoms with Crippen LogP contribution in [0.25, 0.3) is 11.1 Å². The number of hydrogen-bond donors (Lipinski definition) is 2. The van der Waals surface area contributed by atoms with Crippen LogP contribution in [0.3, 0.4) is 0 Å². The number of carbonyl (C=O) groups excluding carboxylic acids is 1. The number of aromatic nitrogens is 1. The average molecular weight is 492 g/mol. The summed E-state index contributed by atoms with van der Waals surface area (Å²) in [6.07, 6.45) is 2.03. The van der Waals surface area contributed by atoms with Gasteiger partial charge in [0, 0.05) is 13.2 Å². The van der Waals surface area contributed by atoms with Crippen LogP contribution in [-0.4, -0.2) is 50.9 Å². The number of para-hydroxylation sites is 2.